The first kappa shape index (κ1) is 28.1. The van der Waals surface area contributed by atoms with E-state index in [1.165, 1.54) is 42.6 Å². The lowest BCUT2D eigenvalue weighted by Crippen LogP contribution is -2.48. The average molecular weight is 588 g/mol. The molecule has 0 saturated carbocycles. The standard InChI is InChI=1S/C28H22ClF4N5O3/c1-2-21(40)37-10-12-38(13-11-37)26-16-14-17(29)22(23-18(30)6-5-7-19(23)39)24(31)25(16)35-27(36-26)41-15-28(32,33)20-8-3-4-9-34-20/h2-9,14,39H,1,10-13,15H2. The van der Waals surface area contributed by atoms with Crippen molar-refractivity contribution in [3.63, 3.8) is 0 Å². The molecule has 41 heavy (non-hydrogen) atoms. The van der Waals surface area contributed by atoms with E-state index in [0.717, 1.165) is 12.1 Å². The van der Waals surface area contributed by atoms with Gasteiger partial charge in [0.15, 0.2) is 12.4 Å². The third-order valence-corrected chi connectivity index (χ3v) is 6.87. The van der Waals surface area contributed by atoms with E-state index in [2.05, 4.69) is 21.5 Å². The van der Waals surface area contributed by atoms with Gasteiger partial charge in [0.05, 0.1) is 10.6 Å². The number of phenols is 1. The second-order valence-electron chi connectivity index (χ2n) is 9.13. The van der Waals surface area contributed by atoms with Gasteiger partial charge in [-0.05, 0) is 36.4 Å². The molecule has 212 valence electrons. The first-order chi connectivity index (χ1) is 19.6. The topological polar surface area (TPSA) is 91.7 Å². The van der Waals surface area contributed by atoms with Crippen LogP contribution in [0.3, 0.4) is 0 Å². The van der Waals surface area contributed by atoms with Crippen molar-refractivity contribution >= 4 is 34.2 Å². The van der Waals surface area contributed by atoms with Crippen LogP contribution in [-0.4, -0.2) is 63.7 Å². The summed E-state index contributed by atoms with van der Waals surface area (Å²) in [6, 6.07) is 8.19. The number of aromatic hydroxyl groups is 1. The molecule has 0 bridgehead atoms. The van der Waals surface area contributed by atoms with Crippen molar-refractivity contribution in [2.24, 2.45) is 0 Å². The van der Waals surface area contributed by atoms with Crippen LogP contribution in [0.1, 0.15) is 5.69 Å². The Morgan fingerprint density at radius 3 is 2.51 bits per heavy atom. The number of hydrogen-bond acceptors (Lipinski definition) is 7. The van der Waals surface area contributed by atoms with Gasteiger partial charge in [-0.15, -0.1) is 0 Å². The maximum atomic E-state index is 16.1. The fraction of sp³-hybridized carbons (Fsp3) is 0.214. The Bertz CT molecular complexity index is 1610. The summed E-state index contributed by atoms with van der Waals surface area (Å²) >= 11 is 6.42. The quantitative estimate of drug-likeness (QED) is 0.231. The van der Waals surface area contributed by atoms with Crippen LogP contribution in [0.4, 0.5) is 23.4 Å². The number of ether oxygens (including phenoxy) is 1. The van der Waals surface area contributed by atoms with E-state index in [-0.39, 0.29) is 48.3 Å². The Hall–Kier alpha value is -4.45. The number of anilines is 1. The van der Waals surface area contributed by atoms with Crippen LogP contribution in [0.5, 0.6) is 11.8 Å². The molecule has 1 aliphatic rings. The van der Waals surface area contributed by atoms with E-state index in [1.54, 1.807) is 9.80 Å². The molecule has 1 amide bonds. The van der Waals surface area contributed by atoms with Crippen LogP contribution in [-0.2, 0) is 10.7 Å². The average Bonchev–Trinajstić information content (AvgIpc) is 2.97. The summed E-state index contributed by atoms with van der Waals surface area (Å²) in [5.41, 5.74) is -1.89. The molecule has 0 spiro atoms. The molecule has 0 unspecified atom stereocenters. The van der Waals surface area contributed by atoms with Crippen molar-refractivity contribution in [3.05, 3.63) is 83.7 Å². The minimum absolute atomic E-state index is 0.0967. The fourth-order valence-corrected chi connectivity index (χ4v) is 4.82. The third kappa shape index (κ3) is 5.47. The molecule has 5 rings (SSSR count). The van der Waals surface area contributed by atoms with Gasteiger partial charge in [0.1, 0.15) is 28.6 Å². The monoisotopic (exact) mass is 587 g/mol. The zero-order valence-electron chi connectivity index (χ0n) is 21.3. The van der Waals surface area contributed by atoms with Gasteiger partial charge in [-0.3, -0.25) is 9.78 Å². The predicted octanol–water partition coefficient (Wildman–Crippen LogP) is 5.33. The first-order valence-corrected chi connectivity index (χ1v) is 12.7. The van der Waals surface area contributed by atoms with Crippen molar-refractivity contribution in [3.8, 4) is 22.9 Å². The van der Waals surface area contributed by atoms with Gasteiger partial charge in [-0.1, -0.05) is 30.3 Å². The maximum absolute atomic E-state index is 16.1. The molecular weight excluding hydrogens is 566 g/mol. The molecule has 0 aliphatic carbocycles. The van der Waals surface area contributed by atoms with Crippen molar-refractivity contribution in [2.75, 3.05) is 37.7 Å². The number of rotatable bonds is 7. The number of benzene rings is 2. The molecular formula is C28H22ClF4N5O3. The minimum atomic E-state index is -3.53. The van der Waals surface area contributed by atoms with E-state index in [1.807, 2.05) is 0 Å². The Balaban J connectivity index is 1.61. The van der Waals surface area contributed by atoms with Crippen LogP contribution in [0, 0.1) is 11.6 Å². The summed E-state index contributed by atoms with van der Waals surface area (Å²) in [4.78, 5) is 27.3. The van der Waals surface area contributed by atoms with Gasteiger partial charge in [0.25, 0.3) is 0 Å². The second-order valence-corrected chi connectivity index (χ2v) is 9.54. The van der Waals surface area contributed by atoms with Crippen LogP contribution >= 0.6 is 11.6 Å². The number of phenolic OH excluding ortho intramolecular Hbond substituents is 1. The Kier molecular flexibility index (Phi) is 7.68. The smallest absolute Gasteiger partial charge is 0.322 e. The van der Waals surface area contributed by atoms with Gasteiger partial charge >= 0.3 is 11.9 Å². The summed E-state index contributed by atoms with van der Waals surface area (Å²) in [7, 11) is 0. The summed E-state index contributed by atoms with van der Waals surface area (Å²) < 4.78 is 65.7. The number of hydrogen-bond donors (Lipinski definition) is 1. The minimum Gasteiger partial charge on any atom is -0.507 e. The number of carbonyl (C=O) groups is 1. The molecule has 1 fully saturated rings. The van der Waals surface area contributed by atoms with Gasteiger partial charge < -0.3 is 19.6 Å². The highest BCUT2D eigenvalue weighted by Crippen LogP contribution is 2.43. The van der Waals surface area contributed by atoms with Crippen molar-refractivity contribution < 1.29 is 32.2 Å². The van der Waals surface area contributed by atoms with E-state index in [9.17, 15) is 23.1 Å². The van der Waals surface area contributed by atoms with Gasteiger partial charge in [-0.2, -0.15) is 18.7 Å². The molecule has 0 radical (unpaired) electrons. The lowest BCUT2D eigenvalue weighted by atomic mass is 10.0. The van der Waals surface area contributed by atoms with Crippen LogP contribution < -0.4 is 9.64 Å². The van der Waals surface area contributed by atoms with Crippen LogP contribution in [0.25, 0.3) is 22.0 Å². The molecule has 8 nitrogen and oxygen atoms in total. The van der Waals surface area contributed by atoms with Crippen molar-refractivity contribution in [1.29, 1.82) is 0 Å². The van der Waals surface area contributed by atoms with Gasteiger partial charge in [0.2, 0.25) is 5.91 Å². The first-order valence-electron chi connectivity index (χ1n) is 12.4. The summed E-state index contributed by atoms with van der Waals surface area (Å²) in [6.07, 6.45) is 2.40. The number of piperazine rings is 1. The van der Waals surface area contributed by atoms with Crippen molar-refractivity contribution in [1.82, 2.24) is 19.9 Å². The number of carbonyl (C=O) groups excluding carboxylic acids is 1. The maximum Gasteiger partial charge on any atom is 0.322 e. The van der Waals surface area contributed by atoms with Crippen molar-refractivity contribution in [2.45, 2.75) is 5.92 Å². The van der Waals surface area contributed by atoms with Crippen LogP contribution in [0.15, 0.2) is 61.3 Å². The molecule has 1 aliphatic heterocycles. The molecule has 2 aromatic carbocycles. The number of halogens is 5. The highest BCUT2D eigenvalue weighted by atomic mass is 35.5. The molecule has 3 heterocycles. The zero-order chi connectivity index (χ0) is 29.3. The van der Waals surface area contributed by atoms with Gasteiger partial charge in [-0.25, -0.2) is 8.78 Å². The molecule has 2 aromatic heterocycles. The number of pyridine rings is 1. The zero-order valence-corrected chi connectivity index (χ0v) is 22.1. The molecule has 1 saturated heterocycles. The Morgan fingerprint density at radius 1 is 1.10 bits per heavy atom. The van der Waals surface area contributed by atoms with Crippen LogP contribution in [0.2, 0.25) is 5.02 Å². The Labute approximate surface area is 236 Å². The molecule has 1 N–H and O–H groups in total. The SMILES string of the molecule is C=CC(=O)N1CCN(c2nc(OCC(F)(F)c3ccccn3)nc3c(F)c(-c4c(O)cccc4F)c(Cl)cc23)CC1. The van der Waals surface area contributed by atoms with E-state index < -0.39 is 58.3 Å². The summed E-state index contributed by atoms with van der Waals surface area (Å²) in [5, 5.41) is 10.1. The van der Waals surface area contributed by atoms with E-state index >= 15 is 4.39 Å². The lowest BCUT2D eigenvalue weighted by molar-refractivity contribution is -0.126. The number of aromatic nitrogens is 3. The molecule has 0 atom stereocenters. The highest BCUT2D eigenvalue weighted by Gasteiger charge is 2.35. The van der Waals surface area contributed by atoms with E-state index in [4.69, 9.17) is 16.3 Å². The Morgan fingerprint density at radius 2 is 1.85 bits per heavy atom. The molecule has 4 aromatic rings. The summed E-state index contributed by atoms with van der Waals surface area (Å²) in [5.74, 6) is -6.29. The molecule has 13 heteroatoms. The third-order valence-electron chi connectivity index (χ3n) is 6.57. The number of fused-ring (bicyclic) bond motifs is 1. The van der Waals surface area contributed by atoms with Gasteiger partial charge in [0, 0.05) is 43.3 Å². The second kappa shape index (κ2) is 11.2. The largest absolute Gasteiger partial charge is 0.507 e. The highest BCUT2D eigenvalue weighted by molar-refractivity contribution is 6.34. The summed E-state index contributed by atoms with van der Waals surface area (Å²) in [6.45, 7) is 3.35. The lowest BCUT2D eigenvalue weighted by Gasteiger charge is -2.35. The number of nitrogens with zero attached hydrogens (tertiary/aromatic N) is 5. The predicted molar refractivity (Wildman–Crippen MR) is 144 cm³/mol. The number of alkyl halides is 2. The normalized spacial score (nSPS) is 13.9. The fourth-order valence-electron chi connectivity index (χ4n) is 4.53. The number of amides is 1. The van der Waals surface area contributed by atoms with E-state index in [0.29, 0.717) is 0 Å².